The van der Waals surface area contributed by atoms with Crippen molar-refractivity contribution >= 4 is 53.0 Å². The Labute approximate surface area is 134 Å². The third kappa shape index (κ3) is 6.09. The fourth-order valence-electron chi connectivity index (χ4n) is 1.31. The number of halogens is 4. The summed E-state index contributed by atoms with van der Waals surface area (Å²) in [5, 5.41) is 4.37. The van der Waals surface area contributed by atoms with Crippen LogP contribution >= 0.6 is 47.2 Å². The zero-order chi connectivity index (χ0) is 13.5. The van der Waals surface area contributed by atoms with Crippen LogP contribution < -0.4 is 10.1 Å². The highest BCUT2D eigenvalue weighted by Gasteiger charge is 2.08. The minimum Gasteiger partial charge on any atom is -0.484 e. The topological polar surface area (TPSA) is 33.6 Å². The SMILES string of the molecule is CCN=C(COc1cc(Cl)c(Cl)cc1Cl)NCC.Cl. The highest BCUT2D eigenvalue weighted by Crippen LogP contribution is 2.33. The Morgan fingerprint density at radius 2 is 1.79 bits per heavy atom. The maximum Gasteiger partial charge on any atom is 0.145 e. The quantitative estimate of drug-likeness (QED) is 0.485. The number of aliphatic imine (C=N–C) groups is 1. The van der Waals surface area contributed by atoms with Gasteiger partial charge in [-0.15, -0.1) is 12.4 Å². The molecule has 3 nitrogen and oxygen atoms in total. The van der Waals surface area contributed by atoms with Gasteiger partial charge in [-0.1, -0.05) is 34.8 Å². The zero-order valence-corrected chi connectivity index (χ0v) is 13.8. The molecule has 0 fully saturated rings. The van der Waals surface area contributed by atoms with Gasteiger partial charge in [0.25, 0.3) is 0 Å². The van der Waals surface area contributed by atoms with Gasteiger partial charge >= 0.3 is 0 Å². The number of ether oxygens (including phenoxy) is 1. The fraction of sp³-hybridized carbons (Fsp3) is 0.417. The first kappa shape index (κ1) is 18.7. The summed E-state index contributed by atoms with van der Waals surface area (Å²) in [6, 6.07) is 3.16. The Bertz CT molecular complexity index is 438. The van der Waals surface area contributed by atoms with Crippen molar-refractivity contribution in [1.29, 1.82) is 0 Å². The van der Waals surface area contributed by atoms with E-state index in [1.807, 2.05) is 13.8 Å². The molecular weight excluding hydrogens is 330 g/mol. The molecule has 1 rings (SSSR count). The second-order valence-corrected chi connectivity index (χ2v) is 4.66. The maximum absolute atomic E-state index is 6.01. The van der Waals surface area contributed by atoms with E-state index < -0.39 is 0 Å². The lowest BCUT2D eigenvalue weighted by Gasteiger charge is -2.12. The van der Waals surface area contributed by atoms with Gasteiger partial charge in [-0.25, -0.2) is 0 Å². The summed E-state index contributed by atoms with van der Waals surface area (Å²) < 4.78 is 5.57. The van der Waals surface area contributed by atoms with Gasteiger partial charge in [-0.3, -0.25) is 4.99 Å². The van der Waals surface area contributed by atoms with Gasteiger partial charge in [0, 0.05) is 19.2 Å². The van der Waals surface area contributed by atoms with Gasteiger partial charge in [0.1, 0.15) is 18.2 Å². The molecule has 1 aromatic rings. The number of rotatable bonds is 5. The van der Waals surface area contributed by atoms with Gasteiger partial charge in [0.2, 0.25) is 0 Å². The van der Waals surface area contributed by atoms with Crippen LogP contribution in [0.3, 0.4) is 0 Å². The van der Waals surface area contributed by atoms with Crippen molar-refractivity contribution in [2.75, 3.05) is 19.7 Å². The lowest BCUT2D eigenvalue weighted by Crippen LogP contribution is -2.29. The molecule has 0 saturated heterocycles. The van der Waals surface area contributed by atoms with E-state index in [9.17, 15) is 0 Å². The lowest BCUT2D eigenvalue weighted by atomic mass is 10.3. The normalized spacial score (nSPS) is 10.9. The van der Waals surface area contributed by atoms with E-state index in [0.29, 0.717) is 34.0 Å². The highest BCUT2D eigenvalue weighted by atomic mass is 35.5. The molecule has 0 aliphatic carbocycles. The molecule has 0 spiro atoms. The highest BCUT2D eigenvalue weighted by molar-refractivity contribution is 6.43. The standard InChI is InChI=1S/C12H15Cl3N2O.ClH/c1-3-16-12(17-4-2)7-18-11-6-9(14)8(13)5-10(11)15;/h5-6H,3-4,7H2,1-2H3,(H,16,17);1H. The van der Waals surface area contributed by atoms with E-state index in [-0.39, 0.29) is 12.4 Å². The number of hydrogen-bond donors (Lipinski definition) is 1. The fourth-order valence-corrected chi connectivity index (χ4v) is 1.90. The minimum atomic E-state index is 0. The van der Waals surface area contributed by atoms with Crippen molar-refractivity contribution in [3.05, 3.63) is 27.2 Å². The number of hydrogen-bond acceptors (Lipinski definition) is 2. The van der Waals surface area contributed by atoms with Crippen LogP contribution in [-0.2, 0) is 0 Å². The van der Waals surface area contributed by atoms with Crippen LogP contribution in [0.5, 0.6) is 5.75 Å². The molecule has 19 heavy (non-hydrogen) atoms. The van der Waals surface area contributed by atoms with Gasteiger partial charge in [0.05, 0.1) is 15.1 Å². The van der Waals surface area contributed by atoms with Crippen LogP contribution in [0, 0.1) is 0 Å². The molecule has 0 aromatic heterocycles. The van der Waals surface area contributed by atoms with E-state index in [0.717, 1.165) is 12.4 Å². The van der Waals surface area contributed by atoms with Crippen LogP contribution in [0.15, 0.2) is 17.1 Å². The third-order valence-electron chi connectivity index (χ3n) is 2.07. The second-order valence-electron chi connectivity index (χ2n) is 3.44. The summed E-state index contributed by atoms with van der Waals surface area (Å²) >= 11 is 17.8. The molecule has 0 saturated carbocycles. The van der Waals surface area contributed by atoms with Crippen molar-refractivity contribution in [1.82, 2.24) is 5.32 Å². The van der Waals surface area contributed by atoms with E-state index in [1.54, 1.807) is 12.1 Å². The first-order valence-corrected chi connectivity index (χ1v) is 6.76. The minimum absolute atomic E-state index is 0. The van der Waals surface area contributed by atoms with E-state index >= 15 is 0 Å². The van der Waals surface area contributed by atoms with E-state index in [1.165, 1.54) is 0 Å². The summed E-state index contributed by atoms with van der Waals surface area (Å²) in [6.45, 7) is 5.76. The number of amidine groups is 1. The Morgan fingerprint density at radius 3 is 2.37 bits per heavy atom. The molecule has 0 heterocycles. The Kier molecular flexibility index (Phi) is 9.36. The van der Waals surface area contributed by atoms with Crippen molar-refractivity contribution < 1.29 is 4.74 Å². The van der Waals surface area contributed by atoms with Crippen molar-refractivity contribution in [2.24, 2.45) is 4.99 Å². The maximum atomic E-state index is 6.01. The monoisotopic (exact) mass is 344 g/mol. The van der Waals surface area contributed by atoms with Gasteiger partial charge < -0.3 is 10.1 Å². The Morgan fingerprint density at radius 1 is 1.16 bits per heavy atom. The van der Waals surface area contributed by atoms with Crippen molar-refractivity contribution in [3.8, 4) is 5.75 Å². The van der Waals surface area contributed by atoms with Gasteiger partial charge in [-0.05, 0) is 19.9 Å². The summed E-state index contributed by atoms with van der Waals surface area (Å²) in [5.41, 5.74) is 0. The van der Waals surface area contributed by atoms with Crippen LogP contribution in [0.1, 0.15) is 13.8 Å². The molecule has 1 N–H and O–H groups in total. The van der Waals surface area contributed by atoms with Crippen molar-refractivity contribution in [2.45, 2.75) is 13.8 Å². The predicted octanol–water partition coefficient (Wildman–Crippen LogP) is 4.48. The molecule has 0 aliphatic heterocycles. The molecule has 0 unspecified atom stereocenters. The first-order chi connectivity index (χ1) is 8.58. The Hall–Kier alpha value is -0.350. The number of likely N-dealkylation sites (N-methyl/N-ethyl adjacent to an activating group) is 1. The number of nitrogens with zero attached hydrogens (tertiary/aromatic N) is 1. The van der Waals surface area contributed by atoms with Crippen LogP contribution in [-0.4, -0.2) is 25.5 Å². The zero-order valence-electron chi connectivity index (χ0n) is 10.7. The molecule has 0 radical (unpaired) electrons. The molecule has 0 atom stereocenters. The lowest BCUT2D eigenvalue weighted by molar-refractivity contribution is 0.372. The van der Waals surface area contributed by atoms with E-state index in [4.69, 9.17) is 39.5 Å². The molecule has 0 amide bonds. The third-order valence-corrected chi connectivity index (χ3v) is 3.09. The van der Waals surface area contributed by atoms with Crippen LogP contribution in [0.2, 0.25) is 15.1 Å². The number of benzene rings is 1. The molecule has 1 aromatic carbocycles. The van der Waals surface area contributed by atoms with Gasteiger partial charge in [0.15, 0.2) is 0 Å². The van der Waals surface area contributed by atoms with Crippen LogP contribution in [0.25, 0.3) is 0 Å². The molecular formula is C12H16Cl4N2O. The van der Waals surface area contributed by atoms with Gasteiger partial charge in [-0.2, -0.15) is 0 Å². The smallest absolute Gasteiger partial charge is 0.145 e. The second kappa shape index (κ2) is 9.54. The molecule has 0 aliphatic rings. The average molecular weight is 346 g/mol. The van der Waals surface area contributed by atoms with Crippen molar-refractivity contribution in [3.63, 3.8) is 0 Å². The first-order valence-electron chi connectivity index (χ1n) is 5.63. The van der Waals surface area contributed by atoms with E-state index in [2.05, 4.69) is 10.3 Å². The summed E-state index contributed by atoms with van der Waals surface area (Å²) in [5.74, 6) is 1.27. The average Bonchev–Trinajstić information content (AvgIpc) is 2.32. The van der Waals surface area contributed by atoms with Crippen LogP contribution in [0.4, 0.5) is 0 Å². The number of nitrogens with one attached hydrogen (secondary N) is 1. The molecule has 0 bridgehead atoms. The summed E-state index contributed by atoms with van der Waals surface area (Å²) in [7, 11) is 0. The predicted molar refractivity (Wildman–Crippen MR) is 85.9 cm³/mol. The Balaban J connectivity index is 0.00000324. The largest absolute Gasteiger partial charge is 0.484 e. The summed E-state index contributed by atoms with van der Waals surface area (Å²) in [6.07, 6.45) is 0. The molecule has 108 valence electrons. The molecule has 7 heteroatoms. The summed E-state index contributed by atoms with van der Waals surface area (Å²) in [4.78, 5) is 4.28.